The van der Waals surface area contributed by atoms with Crippen LogP contribution in [-0.4, -0.2) is 40.9 Å². The summed E-state index contributed by atoms with van der Waals surface area (Å²) in [6.07, 6.45) is 7.88. The Morgan fingerprint density at radius 1 is 1.30 bits per heavy atom. The molecule has 0 aliphatic carbocycles. The predicted molar refractivity (Wildman–Crippen MR) is 112 cm³/mol. The number of rotatable bonds is 4. The molecule has 0 amide bonds. The zero-order valence-corrected chi connectivity index (χ0v) is 16.8. The number of phenols is 1. The number of aromatic hydroxyl groups is 1. The highest BCUT2D eigenvalue weighted by Gasteiger charge is 2.31. The molecule has 3 aliphatic heterocycles. The summed E-state index contributed by atoms with van der Waals surface area (Å²) in [5.74, 6) is 1.99. The maximum Gasteiger partial charge on any atom is 0.129 e. The Morgan fingerprint density at radius 3 is 3.00 bits per heavy atom. The molecule has 2 fully saturated rings. The van der Waals surface area contributed by atoms with E-state index in [2.05, 4.69) is 16.3 Å². The van der Waals surface area contributed by atoms with Gasteiger partial charge in [-0.2, -0.15) is 0 Å². The number of piperidine rings is 1. The second-order valence-electron chi connectivity index (χ2n) is 7.94. The molecule has 0 radical (unpaired) electrons. The van der Waals surface area contributed by atoms with Gasteiger partial charge in [-0.15, -0.1) is 11.8 Å². The van der Waals surface area contributed by atoms with Crippen molar-refractivity contribution in [2.24, 2.45) is 11.5 Å². The molecule has 0 spiro atoms. The summed E-state index contributed by atoms with van der Waals surface area (Å²) >= 11 is 1.78. The lowest BCUT2D eigenvalue weighted by molar-refractivity contribution is 0.168. The summed E-state index contributed by atoms with van der Waals surface area (Å²) in [5.41, 5.74) is 15.8. The first-order chi connectivity index (χ1) is 13.0. The third-order valence-electron chi connectivity index (χ3n) is 6.11. The SMILES string of the molecule is CC(/C=C(\N)NC1CCC2CCCN2C1)=C(/N)c1ccc2c(c1O)CCS2. The molecule has 6 heteroatoms. The first kappa shape index (κ1) is 18.6. The van der Waals surface area contributed by atoms with Gasteiger partial charge in [0.05, 0.1) is 5.82 Å². The Labute approximate surface area is 165 Å². The molecule has 1 aromatic rings. The molecule has 5 nitrogen and oxygen atoms in total. The van der Waals surface area contributed by atoms with Gasteiger partial charge >= 0.3 is 0 Å². The molecule has 0 saturated carbocycles. The van der Waals surface area contributed by atoms with E-state index in [-0.39, 0.29) is 0 Å². The van der Waals surface area contributed by atoms with Crippen LogP contribution in [0.3, 0.4) is 0 Å². The fourth-order valence-corrected chi connectivity index (χ4v) is 5.69. The summed E-state index contributed by atoms with van der Waals surface area (Å²) in [5, 5.41) is 14.1. The van der Waals surface area contributed by atoms with Crippen LogP contribution in [0, 0.1) is 0 Å². The lowest BCUT2D eigenvalue weighted by atomic mass is 9.99. The standard InChI is InChI=1S/C21H30N4OS/c1-13(20(23)17-6-7-18-16(21(17)26)8-10-27-18)11-19(22)24-14-4-5-15-3-2-9-25(15)12-14/h6-7,11,14-15,24,26H,2-5,8-10,12,22-23H2,1H3/b19-11+,20-13-. The molecule has 146 valence electrons. The maximum absolute atomic E-state index is 10.6. The third kappa shape index (κ3) is 3.78. The summed E-state index contributed by atoms with van der Waals surface area (Å²) < 4.78 is 0. The molecule has 2 unspecified atom stereocenters. The highest BCUT2D eigenvalue weighted by molar-refractivity contribution is 7.99. The smallest absolute Gasteiger partial charge is 0.129 e. The Morgan fingerprint density at radius 2 is 2.15 bits per heavy atom. The van der Waals surface area contributed by atoms with Crippen molar-refractivity contribution in [1.82, 2.24) is 10.2 Å². The van der Waals surface area contributed by atoms with E-state index in [1.807, 2.05) is 19.1 Å². The number of hydrogen-bond acceptors (Lipinski definition) is 6. The van der Waals surface area contributed by atoms with Crippen molar-refractivity contribution in [1.29, 1.82) is 0 Å². The van der Waals surface area contributed by atoms with Crippen LogP contribution in [0.5, 0.6) is 5.75 Å². The fraction of sp³-hybridized carbons (Fsp3) is 0.524. The van der Waals surface area contributed by atoms with E-state index < -0.39 is 0 Å². The minimum atomic E-state index is 0.321. The minimum absolute atomic E-state index is 0.321. The van der Waals surface area contributed by atoms with Crippen molar-refractivity contribution in [3.8, 4) is 5.75 Å². The van der Waals surface area contributed by atoms with Crippen molar-refractivity contribution in [2.45, 2.75) is 56.0 Å². The average Bonchev–Trinajstić information content (AvgIpc) is 3.30. The van der Waals surface area contributed by atoms with E-state index in [0.29, 0.717) is 28.9 Å². The van der Waals surface area contributed by atoms with Gasteiger partial charge in [0.25, 0.3) is 0 Å². The van der Waals surface area contributed by atoms with E-state index in [1.165, 1.54) is 25.8 Å². The lowest BCUT2D eigenvalue weighted by Crippen LogP contribution is -2.48. The molecule has 2 saturated heterocycles. The van der Waals surface area contributed by atoms with Gasteiger partial charge in [0.15, 0.2) is 0 Å². The summed E-state index contributed by atoms with van der Waals surface area (Å²) in [4.78, 5) is 3.75. The molecule has 4 rings (SSSR count). The second-order valence-corrected chi connectivity index (χ2v) is 9.08. The Bertz CT molecular complexity index is 789. The summed E-state index contributed by atoms with van der Waals surface area (Å²) in [7, 11) is 0. The number of benzene rings is 1. The fourth-order valence-electron chi connectivity index (χ4n) is 4.62. The van der Waals surface area contributed by atoms with Gasteiger partial charge in [-0.3, -0.25) is 4.90 Å². The van der Waals surface area contributed by atoms with Crippen molar-refractivity contribution >= 4 is 17.5 Å². The Hall–Kier alpha value is -1.79. The van der Waals surface area contributed by atoms with Crippen LogP contribution in [0.15, 0.2) is 34.5 Å². The van der Waals surface area contributed by atoms with E-state index in [4.69, 9.17) is 11.5 Å². The van der Waals surface area contributed by atoms with Gasteiger partial charge in [0.1, 0.15) is 5.75 Å². The number of allylic oxidation sites excluding steroid dienone is 2. The Balaban J connectivity index is 1.47. The second kappa shape index (κ2) is 7.68. The van der Waals surface area contributed by atoms with Crippen LogP contribution < -0.4 is 16.8 Å². The summed E-state index contributed by atoms with van der Waals surface area (Å²) in [6.45, 7) is 4.23. The van der Waals surface area contributed by atoms with Crippen LogP contribution in [-0.2, 0) is 6.42 Å². The zero-order valence-electron chi connectivity index (χ0n) is 16.0. The highest BCUT2D eigenvalue weighted by Crippen LogP contribution is 2.40. The first-order valence-corrected chi connectivity index (χ1v) is 10.9. The maximum atomic E-state index is 10.6. The number of fused-ring (bicyclic) bond motifs is 2. The van der Waals surface area contributed by atoms with Crippen LogP contribution in [0.25, 0.3) is 5.70 Å². The number of nitrogens with two attached hydrogens (primary N) is 2. The molecular formula is C21H30N4OS. The highest BCUT2D eigenvalue weighted by atomic mass is 32.2. The van der Waals surface area contributed by atoms with Crippen molar-refractivity contribution < 1.29 is 5.11 Å². The first-order valence-electron chi connectivity index (χ1n) is 9.95. The quantitative estimate of drug-likeness (QED) is 0.595. The van der Waals surface area contributed by atoms with Crippen molar-refractivity contribution in [3.63, 3.8) is 0 Å². The molecule has 27 heavy (non-hydrogen) atoms. The van der Waals surface area contributed by atoms with E-state index in [0.717, 1.165) is 47.2 Å². The number of thioether (sulfide) groups is 1. The van der Waals surface area contributed by atoms with E-state index in [9.17, 15) is 5.11 Å². The van der Waals surface area contributed by atoms with Gasteiger partial charge in [-0.25, -0.2) is 0 Å². The molecule has 2 atom stereocenters. The molecule has 0 bridgehead atoms. The monoisotopic (exact) mass is 386 g/mol. The molecule has 6 N–H and O–H groups in total. The number of phenolic OH excluding ortho intramolecular Hbond substituents is 1. The van der Waals surface area contributed by atoms with Crippen LogP contribution in [0.4, 0.5) is 0 Å². The Kier molecular flexibility index (Phi) is 5.28. The van der Waals surface area contributed by atoms with Gasteiger partial charge in [-0.05, 0) is 69.4 Å². The topological polar surface area (TPSA) is 87.5 Å². The van der Waals surface area contributed by atoms with Crippen molar-refractivity contribution in [2.75, 3.05) is 18.8 Å². The van der Waals surface area contributed by atoms with E-state index >= 15 is 0 Å². The number of nitrogens with zero attached hydrogens (tertiary/aromatic N) is 1. The number of hydrogen-bond donors (Lipinski definition) is 4. The van der Waals surface area contributed by atoms with Crippen LogP contribution in [0.1, 0.15) is 43.7 Å². The summed E-state index contributed by atoms with van der Waals surface area (Å²) in [6, 6.07) is 5.15. The average molecular weight is 387 g/mol. The van der Waals surface area contributed by atoms with Crippen LogP contribution in [0.2, 0.25) is 0 Å². The lowest BCUT2D eigenvalue weighted by Gasteiger charge is -2.35. The third-order valence-corrected chi connectivity index (χ3v) is 7.21. The van der Waals surface area contributed by atoms with Gasteiger partial charge in [0.2, 0.25) is 0 Å². The predicted octanol–water partition coefficient (Wildman–Crippen LogP) is 2.75. The van der Waals surface area contributed by atoms with Gasteiger partial charge in [0, 0.05) is 46.1 Å². The van der Waals surface area contributed by atoms with Gasteiger partial charge < -0.3 is 21.9 Å². The van der Waals surface area contributed by atoms with Crippen LogP contribution >= 0.6 is 11.8 Å². The zero-order chi connectivity index (χ0) is 19.0. The van der Waals surface area contributed by atoms with Crippen molar-refractivity contribution in [3.05, 3.63) is 40.7 Å². The number of nitrogens with one attached hydrogen (secondary N) is 1. The molecule has 3 heterocycles. The molecule has 3 aliphatic rings. The van der Waals surface area contributed by atoms with Gasteiger partial charge in [-0.1, -0.05) is 0 Å². The molecular weight excluding hydrogens is 356 g/mol. The normalized spacial score (nSPS) is 26.5. The van der Waals surface area contributed by atoms with E-state index in [1.54, 1.807) is 11.8 Å². The minimum Gasteiger partial charge on any atom is -0.507 e. The molecule has 0 aromatic heterocycles. The largest absolute Gasteiger partial charge is 0.507 e. The molecule has 1 aromatic carbocycles.